The predicted molar refractivity (Wildman–Crippen MR) is 225 cm³/mol. The Bertz CT molecular complexity index is 2640. The summed E-state index contributed by atoms with van der Waals surface area (Å²) < 4.78 is 90.4. The number of thiazole rings is 2. The van der Waals surface area contributed by atoms with Crippen LogP contribution in [0.1, 0.15) is 24.0 Å². The molecule has 19 heteroatoms. The van der Waals surface area contributed by atoms with Crippen LogP contribution in [0.3, 0.4) is 0 Å². The van der Waals surface area contributed by atoms with E-state index in [0.717, 1.165) is 33.7 Å². The lowest BCUT2D eigenvalue weighted by atomic mass is 10.0. The van der Waals surface area contributed by atoms with E-state index in [9.17, 15) is 40.4 Å². The summed E-state index contributed by atoms with van der Waals surface area (Å²) in [7, 11) is -5.03. The molecule has 0 spiro atoms. The van der Waals surface area contributed by atoms with Crippen molar-refractivity contribution in [1.29, 1.82) is 0 Å². The minimum absolute atomic E-state index is 0.0177. The number of carbonyl (C=O) groups is 3. The fourth-order valence-corrected chi connectivity index (χ4v) is 8.65. The van der Waals surface area contributed by atoms with Gasteiger partial charge in [-0.15, -0.1) is 35.8 Å². The summed E-state index contributed by atoms with van der Waals surface area (Å²) in [5.41, 5.74) is 4.98. The summed E-state index contributed by atoms with van der Waals surface area (Å²) in [4.78, 5) is 53.5. The first-order valence-corrected chi connectivity index (χ1v) is 21.5. The van der Waals surface area contributed by atoms with Gasteiger partial charge in [-0.1, -0.05) is 12.2 Å². The lowest BCUT2D eigenvalue weighted by Gasteiger charge is -2.29. The highest BCUT2D eigenvalue weighted by atomic mass is 32.2. The third-order valence-corrected chi connectivity index (χ3v) is 11.7. The van der Waals surface area contributed by atoms with Crippen LogP contribution in [0.25, 0.3) is 20.4 Å². The van der Waals surface area contributed by atoms with Crippen LogP contribution in [0.2, 0.25) is 0 Å². The van der Waals surface area contributed by atoms with Gasteiger partial charge in [0.2, 0.25) is 11.8 Å². The summed E-state index contributed by atoms with van der Waals surface area (Å²) in [6, 6.07) is 10.3. The van der Waals surface area contributed by atoms with Gasteiger partial charge in [0.15, 0.2) is 0 Å². The van der Waals surface area contributed by atoms with E-state index in [-0.39, 0.29) is 30.6 Å². The Morgan fingerprint density at radius 2 is 1.10 bits per heavy atom. The number of hydrogen-bond donors (Lipinski definition) is 3. The van der Waals surface area contributed by atoms with E-state index in [1.807, 2.05) is 0 Å². The van der Waals surface area contributed by atoms with Crippen molar-refractivity contribution in [3.8, 4) is 0 Å². The molecule has 2 atom stereocenters. The molecule has 0 aliphatic heterocycles. The lowest BCUT2D eigenvalue weighted by molar-refractivity contribution is -0.121. The normalized spacial score (nSPS) is 12.5. The van der Waals surface area contributed by atoms with E-state index in [1.165, 1.54) is 32.5 Å². The Labute approximate surface area is 350 Å². The second-order valence-corrected chi connectivity index (χ2v) is 16.6. The molecule has 0 radical (unpaired) electrons. The number of urea groups is 1. The van der Waals surface area contributed by atoms with Crippen LogP contribution >= 0.6 is 22.7 Å². The molecule has 4 aromatic carbocycles. The van der Waals surface area contributed by atoms with Crippen LogP contribution in [0.4, 0.5) is 33.7 Å². The smallest absolute Gasteiger partial charge is 0.325 e. The molecule has 4 amide bonds. The van der Waals surface area contributed by atoms with Gasteiger partial charge in [-0.05, 0) is 91.1 Å². The number of hydrogen-bond acceptors (Lipinski definition) is 9. The number of aromatic nitrogens is 2. The minimum atomic E-state index is -5.03. The Morgan fingerprint density at radius 1 is 0.667 bits per heavy atom. The van der Waals surface area contributed by atoms with Gasteiger partial charge >= 0.3 is 16.2 Å². The number of rotatable bonds is 18. The highest BCUT2D eigenvalue weighted by Crippen LogP contribution is 2.27. The highest BCUT2D eigenvalue weighted by molar-refractivity contribution is 7.88. The fraction of sp³-hybridized carbons (Fsp3) is 0.195. The Balaban J connectivity index is 1.29. The molecule has 0 saturated carbocycles. The van der Waals surface area contributed by atoms with Crippen LogP contribution in [0, 0.1) is 23.3 Å². The number of carbonyl (C=O) groups excluding carboxylic acids is 3. The SMILES string of the molecule is C=CCCN(C(=O)C(Cc1cc(F)cc(F)c1)NC(=O)NS(=O)(=O)N[C@@H](Cc1cc(F)cc(F)c1)C(=O)N(CCC=C)c1ccc2scnc2c1)c1ccc2scnc2c1. The van der Waals surface area contributed by atoms with Crippen LogP contribution in [0.15, 0.2) is 109 Å². The molecule has 2 heterocycles. The van der Waals surface area contributed by atoms with Crippen molar-refractivity contribution < 1.29 is 40.4 Å². The fourth-order valence-electron chi connectivity index (χ4n) is 6.41. The number of benzene rings is 4. The van der Waals surface area contributed by atoms with Crippen molar-refractivity contribution in [2.75, 3.05) is 22.9 Å². The zero-order valence-corrected chi connectivity index (χ0v) is 34.1. The van der Waals surface area contributed by atoms with E-state index in [1.54, 1.807) is 64.3 Å². The van der Waals surface area contributed by atoms with Crippen molar-refractivity contribution in [3.63, 3.8) is 0 Å². The van der Waals surface area contributed by atoms with Gasteiger partial charge in [-0.2, -0.15) is 13.1 Å². The maximum Gasteiger partial charge on any atom is 0.330 e. The Morgan fingerprint density at radius 3 is 1.55 bits per heavy atom. The predicted octanol–water partition coefficient (Wildman–Crippen LogP) is 7.34. The van der Waals surface area contributed by atoms with E-state index in [2.05, 4.69) is 33.2 Å². The summed E-state index contributed by atoms with van der Waals surface area (Å²) >= 11 is 2.74. The first-order chi connectivity index (χ1) is 28.7. The second kappa shape index (κ2) is 19.4. The quantitative estimate of drug-likeness (QED) is 0.0604. The van der Waals surface area contributed by atoms with Gasteiger partial charge in [0, 0.05) is 43.0 Å². The van der Waals surface area contributed by atoms with Crippen molar-refractivity contribution in [3.05, 3.63) is 144 Å². The van der Waals surface area contributed by atoms with Crippen LogP contribution < -0.4 is 24.6 Å². The summed E-state index contributed by atoms with van der Waals surface area (Å²) in [5.74, 6) is -5.47. The minimum Gasteiger partial charge on any atom is -0.325 e. The third-order valence-electron chi connectivity index (χ3n) is 9.05. The van der Waals surface area contributed by atoms with E-state index in [4.69, 9.17) is 0 Å². The van der Waals surface area contributed by atoms with Crippen LogP contribution in [-0.2, 0) is 32.6 Å². The molecule has 1 unspecified atom stereocenters. The van der Waals surface area contributed by atoms with E-state index >= 15 is 0 Å². The molecule has 6 aromatic rings. The molecular weight excluding hydrogens is 843 g/mol. The van der Waals surface area contributed by atoms with Crippen molar-refractivity contribution in [2.24, 2.45) is 0 Å². The maximum atomic E-state index is 14.4. The molecule has 0 fully saturated rings. The Hall–Kier alpha value is -6.02. The number of nitrogens with one attached hydrogen (secondary N) is 3. The molecule has 0 aliphatic rings. The van der Waals surface area contributed by atoms with Crippen molar-refractivity contribution >= 4 is 82.5 Å². The molecule has 2 aromatic heterocycles. The van der Waals surface area contributed by atoms with Gasteiger partial charge in [0.1, 0.15) is 35.4 Å². The summed E-state index contributed by atoms with van der Waals surface area (Å²) in [6.07, 6.45) is 2.61. The molecular formula is C41H37F4N7O5S3. The van der Waals surface area contributed by atoms with Gasteiger partial charge in [-0.3, -0.25) is 9.59 Å². The summed E-state index contributed by atoms with van der Waals surface area (Å²) in [6.45, 7) is 7.49. The second-order valence-electron chi connectivity index (χ2n) is 13.4. The number of halogens is 4. The molecule has 3 N–H and O–H groups in total. The highest BCUT2D eigenvalue weighted by Gasteiger charge is 2.33. The first-order valence-electron chi connectivity index (χ1n) is 18.2. The number of amides is 4. The van der Waals surface area contributed by atoms with Crippen LogP contribution in [0.5, 0.6) is 0 Å². The number of anilines is 2. The first kappa shape index (κ1) is 43.6. The Kier molecular flexibility index (Phi) is 14.1. The standard InChI is InChI=1S/C41H37F4N7O5S3/c1-3-5-11-51(31-7-9-37-33(21-31)46-23-58-37)39(53)35(17-25-13-27(42)19-28(43)14-25)48-41(55)50-60(56,57)49-36(18-26-15-29(44)20-30(45)16-26)40(54)52(12-6-4-2)32-8-10-38-34(22-32)47-24-59-38/h3-4,7-10,13-16,19-24,35-36,49H,1-2,5-6,11-12,17-18H2,(H2,48,50,55)/t35?,36-/m0/s1. The average Bonchev–Trinajstić information content (AvgIpc) is 3.86. The van der Waals surface area contributed by atoms with Gasteiger partial charge < -0.3 is 15.1 Å². The zero-order valence-electron chi connectivity index (χ0n) is 31.6. The zero-order chi connectivity index (χ0) is 43.0. The monoisotopic (exact) mass is 879 g/mol. The van der Waals surface area contributed by atoms with Gasteiger partial charge in [0.05, 0.1) is 31.5 Å². The van der Waals surface area contributed by atoms with E-state index < -0.39 is 76.2 Å². The van der Waals surface area contributed by atoms with Crippen LogP contribution in [-0.4, -0.2) is 61.4 Å². The largest absolute Gasteiger partial charge is 0.330 e. The van der Waals surface area contributed by atoms with Crippen molar-refractivity contribution in [2.45, 2.75) is 37.8 Å². The molecule has 0 bridgehead atoms. The third kappa shape index (κ3) is 11.2. The molecule has 312 valence electrons. The molecule has 12 nitrogen and oxygen atoms in total. The molecule has 6 rings (SSSR count). The van der Waals surface area contributed by atoms with E-state index in [0.29, 0.717) is 41.0 Å². The summed E-state index contributed by atoms with van der Waals surface area (Å²) in [5, 5.41) is 2.32. The number of nitrogens with zero attached hydrogens (tertiary/aromatic N) is 4. The lowest BCUT2D eigenvalue weighted by Crippen LogP contribution is -2.57. The molecule has 60 heavy (non-hydrogen) atoms. The van der Waals surface area contributed by atoms with Gasteiger partial charge in [0.25, 0.3) is 0 Å². The molecule has 0 saturated heterocycles. The van der Waals surface area contributed by atoms with Gasteiger partial charge in [-0.25, -0.2) is 37.0 Å². The molecule has 0 aliphatic carbocycles. The average molecular weight is 880 g/mol. The maximum absolute atomic E-state index is 14.4. The van der Waals surface area contributed by atoms with Crippen molar-refractivity contribution in [1.82, 2.24) is 24.7 Å². The number of fused-ring (bicyclic) bond motifs is 2. The topological polar surface area (TPSA) is 154 Å².